The molecule has 0 bridgehead atoms. The van der Waals surface area contributed by atoms with Gasteiger partial charge >= 0.3 is 6.16 Å². The first-order valence-electron chi connectivity index (χ1n) is 8.26. The Kier molecular flexibility index (Phi) is 7.18. The number of unbranched alkanes of at least 4 members (excludes halogenated alkanes) is 1. The molecule has 0 amide bonds. The van der Waals surface area contributed by atoms with Gasteiger partial charge in [-0.15, -0.1) is 0 Å². The van der Waals surface area contributed by atoms with Crippen molar-refractivity contribution in [1.82, 2.24) is 0 Å². The minimum atomic E-state index is -0.623. The fraction of sp³-hybridized carbons (Fsp3) is 0.350. The Hall–Kier alpha value is -2.29. The van der Waals surface area contributed by atoms with Gasteiger partial charge in [0.2, 0.25) is 0 Å². The van der Waals surface area contributed by atoms with E-state index in [4.69, 9.17) is 9.47 Å². The van der Waals surface area contributed by atoms with Crippen LogP contribution in [0.3, 0.4) is 0 Å². The molecule has 3 heteroatoms. The number of benzene rings is 2. The molecular formula is C20H24O3. The van der Waals surface area contributed by atoms with Crippen LogP contribution in [-0.4, -0.2) is 12.8 Å². The van der Waals surface area contributed by atoms with Crippen molar-refractivity contribution >= 4 is 6.16 Å². The molecule has 0 spiro atoms. The second-order valence-corrected chi connectivity index (χ2v) is 5.50. The first-order chi connectivity index (χ1) is 11.3. The molecule has 0 aliphatic rings. The molecule has 0 saturated carbocycles. The zero-order valence-corrected chi connectivity index (χ0v) is 13.7. The summed E-state index contributed by atoms with van der Waals surface area (Å²) >= 11 is 0. The van der Waals surface area contributed by atoms with E-state index in [1.165, 1.54) is 5.56 Å². The number of para-hydroxylation sites is 1. The number of carbonyl (C=O) groups is 1. The van der Waals surface area contributed by atoms with E-state index in [9.17, 15) is 4.79 Å². The lowest BCUT2D eigenvalue weighted by Crippen LogP contribution is -2.13. The highest BCUT2D eigenvalue weighted by Gasteiger charge is 2.09. The molecule has 2 rings (SSSR count). The summed E-state index contributed by atoms with van der Waals surface area (Å²) in [6, 6.07) is 17.8. The zero-order chi connectivity index (χ0) is 16.3. The van der Waals surface area contributed by atoms with Crippen molar-refractivity contribution in [2.75, 3.05) is 6.61 Å². The van der Waals surface area contributed by atoms with Crippen LogP contribution in [0.5, 0.6) is 5.75 Å². The number of aryl methyl sites for hydroxylation is 2. The summed E-state index contributed by atoms with van der Waals surface area (Å²) in [6.07, 6.45) is 4.15. The molecule has 3 nitrogen and oxygen atoms in total. The van der Waals surface area contributed by atoms with Crippen molar-refractivity contribution in [3.8, 4) is 5.75 Å². The summed E-state index contributed by atoms with van der Waals surface area (Å²) in [4.78, 5) is 11.8. The van der Waals surface area contributed by atoms with Crippen LogP contribution in [0, 0.1) is 0 Å². The summed E-state index contributed by atoms with van der Waals surface area (Å²) in [5, 5.41) is 0. The maximum Gasteiger partial charge on any atom is 0.513 e. The Morgan fingerprint density at radius 2 is 1.65 bits per heavy atom. The maximum atomic E-state index is 11.8. The van der Waals surface area contributed by atoms with E-state index >= 15 is 0 Å². The van der Waals surface area contributed by atoms with Gasteiger partial charge in [-0.05, 0) is 42.9 Å². The Morgan fingerprint density at radius 3 is 2.43 bits per heavy atom. The normalized spacial score (nSPS) is 10.3. The fourth-order valence-corrected chi connectivity index (χ4v) is 2.37. The lowest BCUT2D eigenvalue weighted by molar-refractivity contribution is 0.0977. The Morgan fingerprint density at radius 1 is 0.913 bits per heavy atom. The van der Waals surface area contributed by atoms with Crippen LogP contribution in [0.15, 0.2) is 54.6 Å². The van der Waals surface area contributed by atoms with E-state index in [1.807, 2.05) is 42.5 Å². The molecule has 0 unspecified atom stereocenters. The van der Waals surface area contributed by atoms with E-state index in [0.29, 0.717) is 12.4 Å². The molecule has 0 N–H and O–H groups in total. The molecule has 122 valence electrons. The van der Waals surface area contributed by atoms with Gasteiger partial charge < -0.3 is 9.47 Å². The van der Waals surface area contributed by atoms with Crippen molar-refractivity contribution in [2.24, 2.45) is 0 Å². The molecule has 23 heavy (non-hydrogen) atoms. The average Bonchev–Trinajstić information content (AvgIpc) is 2.59. The number of hydrogen-bond acceptors (Lipinski definition) is 3. The van der Waals surface area contributed by atoms with Crippen molar-refractivity contribution < 1.29 is 14.3 Å². The highest BCUT2D eigenvalue weighted by molar-refractivity contribution is 5.64. The van der Waals surface area contributed by atoms with Crippen LogP contribution in [0.2, 0.25) is 0 Å². The third kappa shape index (κ3) is 6.15. The predicted molar refractivity (Wildman–Crippen MR) is 91.8 cm³/mol. The van der Waals surface area contributed by atoms with Gasteiger partial charge in [0.25, 0.3) is 0 Å². The van der Waals surface area contributed by atoms with E-state index < -0.39 is 6.16 Å². The van der Waals surface area contributed by atoms with Crippen molar-refractivity contribution in [3.05, 3.63) is 65.7 Å². The molecule has 0 aromatic heterocycles. The molecule has 0 saturated heterocycles. The first kappa shape index (κ1) is 17.1. The molecule has 0 heterocycles. The van der Waals surface area contributed by atoms with Crippen LogP contribution < -0.4 is 4.74 Å². The second-order valence-electron chi connectivity index (χ2n) is 5.50. The summed E-state index contributed by atoms with van der Waals surface area (Å²) in [5.41, 5.74) is 2.30. The quantitative estimate of drug-likeness (QED) is 0.383. The SMILES string of the molecule is CCCCc1ccccc1OC(=O)OCCCc1ccccc1. The lowest BCUT2D eigenvalue weighted by Gasteiger charge is -2.10. The lowest BCUT2D eigenvalue weighted by atomic mass is 10.1. The van der Waals surface area contributed by atoms with Gasteiger partial charge in [-0.2, -0.15) is 0 Å². The van der Waals surface area contributed by atoms with Crippen LogP contribution >= 0.6 is 0 Å². The molecule has 0 radical (unpaired) electrons. The average molecular weight is 312 g/mol. The molecule has 0 atom stereocenters. The Balaban J connectivity index is 1.74. The van der Waals surface area contributed by atoms with Crippen LogP contribution in [0.25, 0.3) is 0 Å². The minimum Gasteiger partial charge on any atom is -0.434 e. The summed E-state index contributed by atoms with van der Waals surface area (Å²) in [5.74, 6) is 0.606. The second kappa shape index (κ2) is 9.67. The Labute approximate surface area is 138 Å². The van der Waals surface area contributed by atoms with Gasteiger partial charge in [0.05, 0.1) is 6.61 Å². The fourth-order valence-electron chi connectivity index (χ4n) is 2.37. The summed E-state index contributed by atoms with van der Waals surface area (Å²) in [6.45, 7) is 2.51. The molecular weight excluding hydrogens is 288 g/mol. The van der Waals surface area contributed by atoms with E-state index in [1.54, 1.807) is 0 Å². The van der Waals surface area contributed by atoms with Crippen LogP contribution in [0.1, 0.15) is 37.3 Å². The van der Waals surface area contributed by atoms with Crippen molar-refractivity contribution in [3.63, 3.8) is 0 Å². The van der Waals surface area contributed by atoms with Gasteiger partial charge in [-0.3, -0.25) is 0 Å². The van der Waals surface area contributed by atoms with E-state index in [2.05, 4.69) is 19.1 Å². The zero-order valence-electron chi connectivity index (χ0n) is 13.7. The monoisotopic (exact) mass is 312 g/mol. The van der Waals surface area contributed by atoms with Crippen LogP contribution in [0.4, 0.5) is 4.79 Å². The van der Waals surface area contributed by atoms with Crippen molar-refractivity contribution in [2.45, 2.75) is 39.0 Å². The van der Waals surface area contributed by atoms with Gasteiger partial charge in [-0.1, -0.05) is 61.9 Å². The smallest absolute Gasteiger partial charge is 0.434 e. The number of carbonyl (C=O) groups excluding carboxylic acids is 1. The minimum absolute atomic E-state index is 0.366. The third-order valence-corrected chi connectivity index (χ3v) is 3.64. The third-order valence-electron chi connectivity index (χ3n) is 3.64. The van der Waals surface area contributed by atoms with Gasteiger partial charge in [0.15, 0.2) is 0 Å². The molecule has 0 aliphatic carbocycles. The molecule has 0 fully saturated rings. The van der Waals surface area contributed by atoms with E-state index in [-0.39, 0.29) is 0 Å². The number of ether oxygens (including phenoxy) is 2. The van der Waals surface area contributed by atoms with Gasteiger partial charge in [0.1, 0.15) is 5.75 Å². The predicted octanol–water partition coefficient (Wildman–Crippen LogP) is 5.18. The van der Waals surface area contributed by atoms with Gasteiger partial charge in [-0.25, -0.2) is 4.79 Å². The summed E-state index contributed by atoms with van der Waals surface area (Å²) < 4.78 is 10.5. The van der Waals surface area contributed by atoms with E-state index in [0.717, 1.165) is 37.7 Å². The Bertz CT molecular complexity index is 593. The summed E-state index contributed by atoms with van der Waals surface area (Å²) in [7, 11) is 0. The largest absolute Gasteiger partial charge is 0.513 e. The van der Waals surface area contributed by atoms with Crippen LogP contribution in [-0.2, 0) is 17.6 Å². The number of hydrogen-bond donors (Lipinski definition) is 0. The number of rotatable bonds is 8. The topological polar surface area (TPSA) is 35.5 Å². The standard InChI is InChI=1S/C20H24O3/c1-2-3-13-18-14-7-8-15-19(18)23-20(21)22-16-9-12-17-10-5-4-6-11-17/h4-8,10-11,14-15H,2-3,9,12-13,16H2,1H3. The highest BCUT2D eigenvalue weighted by Crippen LogP contribution is 2.20. The first-order valence-corrected chi connectivity index (χ1v) is 8.26. The highest BCUT2D eigenvalue weighted by atomic mass is 16.7. The van der Waals surface area contributed by atoms with Gasteiger partial charge in [0, 0.05) is 0 Å². The maximum absolute atomic E-state index is 11.8. The molecule has 2 aromatic carbocycles. The molecule has 0 aliphatic heterocycles. The van der Waals surface area contributed by atoms with Crippen molar-refractivity contribution in [1.29, 1.82) is 0 Å². The molecule has 2 aromatic rings.